The van der Waals surface area contributed by atoms with Gasteiger partial charge in [0, 0.05) is 24.9 Å². The Morgan fingerprint density at radius 1 is 1.40 bits per heavy atom. The van der Waals surface area contributed by atoms with Crippen LogP contribution in [0.3, 0.4) is 0 Å². The highest BCUT2D eigenvalue weighted by atomic mass is 16.5. The molecule has 0 aliphatic carbocycles. The Bertz CT molecular complexity index is 513. The van der Waals surface area contributed by atoms with Crippen molar-refractivity contribution < 1.29 is 9.53 Å². The lowest BCUT2D eigenvalue weighted by atomic mass is 9.93. The van der Waals surface area contributed by atoms with Crippen molar-refractivity contribution in [1.29, 1.82) is 0 Å². The van der Waals surface area contributed by atoms with E-state index in [1.54, 1.807) is 0 Å². The quantitative estimate of drug-likeness (QED) is 0.870. The van der Waals surface area contributed by atoms with Gasteiger partial charge in [-0.25, -0.2) is 0 Å². The molecule has 1 aromatic rings. The van der Waals surface area contributed by atoms with E-state index >= 15 is 0 Å². The van der Waals surface area contributed by atoms with E-state index in [-0.39, 0.29) is 23.5 Å². The monoisotopic (exact) mass is 274 g/mol. The molecule has 0 radical (unpaired) electrons. The number of amides is 1. The molecule has 0 saturated carbocycles. The summed E-state index contributed by atoms with van der Waals surface area (Å²) in [4.78, 5) is 12.5. The van der Waals surface area contributed by atoms with Gasteiger partial charge in [0.2, 0.25) is 5.91 Å². The summed E-state index contributed by atoms with van der Waals surface area (Å²) in [6.07, 6.45) is 1.78. The number of hydrogen-bond acceptors (Lipinski definition) is 3. The smallest absolute Gasteiger partial charge is 0.229 e. The van der Waals surface area contributed by atoms with Crippen LogP contribution in [0.15, 0.2) is 24.3 Å². The average molecular weight is 274 g/mol. The number of anilines is 1. The van der Waals surface area contributed by atoms with Gasteiger partial charge < -0.3 is 15.4 Å². The highest BCUT2D eigenvalue weighted by molar-refractivity contribution is 5.88. The first-order chi connectivity index (χ1) is 9.55. The fourth-order valence-electron chi connectivity index (χ4n) is 3.17. The van der Waals surface area contributed by atoms with Crippen LogP contribution in [0.2, 0.25) is 0 Å². The molecule has 4 nitrogen and oxygen atoms in total. The fraction of sp³-hybridized carbons (Fsp3) is 0.562. The van der Waals surface area contributed by atoms with E-state index in [0.717, 1.165) is 30.7 Å². The zero-order chi connectivity index (χ0) is 14.2. The Kier molecular flexibility index (Phi) is 3.42. The molecule has 108 valence electrons. The Morgan fingerprint density at radius 2 is 2.20 bits per heavy atom. The van der Waals surface area contributed by atoms with Crippen LogP contribution in [0.1, 0.15) is 38.2 Å². The van der Waals surface area contributed by atoms with Crippen molar-refractivity contribution in [2.75, 3.05) is 18.5 Å². The van der Waals surface area contributed by atoms with Crippen molar-refractivity contribution in [3.8, 4) is 0 Å². The summed E-state index contributed by atoms with van der Waals surface area (Å²) in [6, 6.07) is 8.27. The number of nitrogens with one attached hydrogen (secondary N) is 2. The lowest BCUT2D eigenvalue weighted by molar-refractivity contribution is -0.125. The number of ether oxygens (including phenoxy) is 1. The van der Waals surface area contributed by atoms with Crippen LogP contribution in [-0.4, -0.2) is 30.7 Å². The van der Waals surface area contributed by atoms with Crippen LogP contribution in [0.25, 0.3) is 0 Å². The number of carbonyl (C=O) groups excluding carboxylic acids is 1. The van der Waals surface area contributed by atoms with E-state index in [9.17, 15) is 4.79 Å². The maximum Gasteiger partial charge on any atom is 0.229 e. The second-order valence-corrected chi connectivity index (χ2v) is 6.33. The summed E-state index contributed by atoms with van der Waals surface area (Å²) in [5.74, 6) is 0.0577. The van der Waals surface area contributed by atoms with Crippen molar-refractivity contribution in [2.24, 2.45) is 0 Å². The zero-order valence-electron chi connectivity index (χ0n) is 12.1. The minimum absolute atomic E-state index is 0.0721. The third-order valence-electron chi connectivity index (χ3n) is 4.19. The van der Waals surface area contributed by atoms with Gasteiger partial charge in [-0.05, 0) is 38.3 Å². The van der Waals surface area contributed by atoms with Gasteiger partial charge in [0.05, 0.1) is 11.5 Å². The van der Waals surface area contributed by atoms with Crippen LogP contribution in [0.5, 0.6) is 0 Å². The van der Waals surface area contributed by atoms with E-state index in [4.69, 9.17) is 4.74 Å². The molecule has 4 heteroatoms. The van der Waals surface area contributed by atoms with Crippen molar-refractivity contribution >= 4 is 11.6 Å². The molecule has 2 unspecified atom stereocenters. The second kappa shape index (κ2) is 5.09. The summed E-state index contributed by atoms with van der Waals surface area (Å²) in [7, 11) is 0. The number of para-hydroxylation sites is 1. The highest BCUT2D eigenvalue weighted by Gasteiger charge is 2.33. The first-order valence-electron chi connectivity index (χ1n) is 7.32. The molecular formula is C16H22N2O2. The normalized spacial score (nSPS) is 27.5. The predicted molar refractivity (Wildman–Crippen MR) is 78.9 cm³/mol. The number of fused-ring (bicyclic) bond motifs is 1. The zero-order valence-corrected chi connectivity index (χ0v) is 12.1. The molecular weight excluding hydrogens is 252 g/mol. The standard InChI is InChI=1S/C16H22N2O2/c1-16(2)9-11(7-8-20-16)18-15(19)13-10-17-14-6-4-3-5-12(13)14/h3-6,11,13,17H,7-10H2,1-2H3,(H,18,19). The van der Waals surface area contributed by atoms with E-state index in [1.807, 2.05) is 24.3 Å². The molecule has 2 heterocycles. The topological polar surface area (TPSA) is 50.4 Å². The van der Waals surface area contributed by atoms with Gasteiger partial charge in [-0.3, -0.25) is 4.79 Å². The van der Waals surface area contributed by atoms with Gasteiger partial charge in [-0.15, -0.1) is 0 Å². The fourth-order valence-corrected chi connectivity index (χ4v) is 3.17. The van der Waals surface area contributed by atoms with E-state index in [2.05, 4.69) is 24.5 Å². The lowest BCUT2D eigenvalue weighted by Crippen LogP contribution is -2.47. The summed E-state index contributed by atoms with van der Waals surface area (Å²) in [6.45, 7) is 5.57. The molecule has 0 aromatic heterocycles. The Balaban J connectivity index is 1.66. The highest BCUT2D eigenvalue weighted by Crippen LogP contribution is 2.32. The lowest BCUT2D eigenvalue weighted by Gasteiger charge is -2.36. The average Bonchev–Trinajstić information content (AvgIpc) is 2.81. The summed E-state index contributed by atoms with van der Waals surface area (Å²) < 4.78 is 5.70. The Labute approximate surface area is 119 Å². The molecule has 1 aromatic carbocycles. The first kappa shape index (κ1) is 13.4. The maximum atomic E-state index is 12.5. The molecule has 1 amide bonds. The Morgan fingerprint density at radius 3 is 3.00 bits per heavy atom. The van der Waals surface area contributed by atoms with Crippen LogP contribution in [-0.2, 0) is 9.53 Å². The number of hydrogen-bond donors (Lipinski definition) is 2. The second-order valence-electron chi connectivity index (χ2n) is 6.33. The minimum atomic E-state index is -0.137. The first-order valence-corrected chi connectivity index (χ1v) is 7.32. The molecule has 2 aliphatic heterocycles. The van der Waals surface area contributed by atoms with Crippen LogP contribution in [0.4, 0.5) is 5.69 Å². The van der Waals surface area contributed by atoms with Crippen LogP contribution < -0.4 is 10.6 Å². The molecule has 20 heavy (non-hydrogen) atoms. The van der Waals surface area contributed by atoms with Gasteiger partial charge in [0.25, 0.3) is 0 Å². The summed E-state index contributed by atoms with van der Waals surface area (Å²) in [5, 5.41) is 6.50. The molecule has 2 aliphatic rings. The van der Waals surface area contributed by atoms with Crippen LogP contribution in [0, 0.1) is 0 Å². The van der Waals surface area contributed by atoms with Crippen molar-refractivity contribution in [2.45, 2.75) is 44.2 Å². The molecule has 2 atom stereocenters. The van der Waals surface area contributed by atoms with Gasteiger partial charge in [-0.1, -0.05) is 18.2 Å². The third-order valence-corrected chi connectivity index (χ3v) is 4.19. The molecule has 2 N–H and O–H groups in total. The molecule has 0 bridgehead atoms. The molecule has 3 rings (SSSR count). The molecule has 0 spiro atoms. The SMILES string of the molecule is CC1(C)CC(NC(=O)C2CNc3ccccc32)CCO1. The number of rotatable bonds is 2. The van der Waals surface area contributed by atoms with Gasteiger partial charge in [-0.2, -0.15) is 0 Å². The molecule has 1 saturated heterocycles. The summed E-state index contributed by atoms with van der Waals surface area (Å²) >= 11 is 0. The summed E-state index contributed by atoms with van der Waals surface area (Å²) in [5.41, 5.74) is 2.05. The van der Waals surface area contributed by atoms with Crippen molar-refractivity contribution in [1.82, 2.24) is 5.32 Å². The van der Waals surface area contributed by atoms with E-state index in [1.165, 1.54) is 0 Å². The maximum absolute atomic E-state index is 12.5. The van der Waals surface area contributed by atoms with E-state index < -0.39 is 0 Å². The minimum Gasteiger partial charge on any atom is -0.384 e. The largest absolute Gasteiger partial charge is 0.384 e. The van der Waals surface area contributed by atoms with Crippen molar-refractivity contribution in [3.63, 3.8) is 0 Å². The van der Waals surface area contributed by atoms with E-state index in [0.29, 0.717) is 6.54 Å². The molecule has 1 fully saturated rings. The van der Waals surface area contributed by atoms with Crippen LogP contribution >= 0.6 is 0 Å². The van der Waals surface area contributed by atoms with Gasteiger partial charge in [0.1, 0.15) is 0 Å². The predicted octanol–water partition coefficient (Wildman–Crippen LogP) is 2.27. The number of carbonyl (C=O) groups is 1. The van der Waals surface area contributed by atoms with Crippen molar-refractivity contribution in [3.05, 3.63) is 29.8 Å². The Hall–Kier alpha value is -1.55. The van der Waals surface area contributed by atoms with Gasteiger partial charge >= 0.3 is 0 Å². The third kappa shape index (κ3) is 2.66. The van der Waals surface area contributed by atoms with Gasteiger partial charge in [0.15, 0.2) is 0 Å². The number of benzene rings is 1.